The van der Waals surface area contributed by atoms with Crippen molar-refractivity contribution in [2.45, 2.75) is 6.92 Å². The van der Waals surface area contributed by atoms with Crippen molar-refractivity contribution in [2.24, 2.45) is 0 Å². The summed E-state index contributed by atoms with van der Waals surface area (Å²) < 4.78 is 18.4. The summed E-state index contributed by atoms with van der Waals surface area (Å²) in [5.74, 6) is -0.344. The molecule has 0 radical (unpaired) electrons. The molecule has 0 aliphatic heterocycles. The van der Waals surface area contributed by atoms with Crippen LogP contribution in [0.2, 0.25) is 0 Å². The molecule has 0 aliphatic carbocycles. The van der Waals surface area contributed by atoms with Crippen LogP contribution in [0.3, 0.4) is 0 Å². The number of amides is 2. The maximum absolute atomic E-state index is 13.2. The van der Waals surface area contributed by atoms with E-state index in [1.807, 2.05) is 13.0 Å². The molecule has 0 saturated carbocycles. The number of likely N-dealkylation sites (N-methyl/N-ethyl adjacent to an activating group) is 1. The van der Waals surface area contributed by atoms with Crippen LogP contribution in [0.1, 0.15) is 6.92 Å². The first kappa shape index (κ1) is 19.4. The molecule has 2 aromatic rings. The van der Waals surface area contributed by atoms with Crippen LogP contribution < -0.4 is 20.3 Å². The van der Waals surface area contributed by atoms with Crippen LogP contribution in [-0.4, -0.2) is 38.6 Å². The molecule has 0 heterocycles. The largest absolute Gasteiger partial charge is 0.495 e. The molecule has 1 atom stereocenters. The lowest BCUT2D eigenvalue weighted by Gasteiger charge is -2.17. The maximum atomic E-state index is 13.2. The Kier molecular flexibility index (Phi) is 7.11. The highest BCUT2D eigenvalue weighted by molar-refractivity contribution is 5.94. The van der Waals surface area contributed by atoms with Crippen LogP contribution in [0, 0.1) is 5.82 Å². The van der Waals surface area contributed by atoms with E-state index in [2.05, 4.69) is 10.6 Å². The molecular weight excluding hydrogens is 337 g/mol. The van der Waals surface area contributed by atoms with Gasteiger partial charge < -0.3 is 20.3 Å². The average molecular weight is 360 g/mol. The van der Waals surface area contributed by atoms with Crippen LogP contribution >= 0.6 is 0 Å². The van der Waals surface area contributed by atoms with Crippen molar-refractivity contribution in [2.75, 3.05) is 37.4 Å². The second-order valence-corrected chi connectivity index (χ2v) is 5.76. The minimum absolute atomic E-state index is 0.104. The molecule has 2 amide bonds. The number of hydrogen-bond donors (Lipinski definition) is 3. The predicted molar refractivity (Wildman–Crippen MR) is 97.9 cm³/mol. The second-order valence-electron chi connectivity index (χ2n) is 5.76. The van der Waals surface area contributed by atoms with Gasteiger partial charge in [-0.25, -0.2) is 4.39 Å². The molecule has 6 nitrogen and oxygen atoms in total. The predicted octanol–water partition coefficient (Wildman–Crippen LogP) is 1.32. The van der Waals surface area contributed by atoms with Crippen molar-refractivity contribution in [3.8, 4) is 5.75 Å². The minimum atomic E-state index is -0.418. The van der Waals surface area contributed by atoms with Crippen LogP contribution in [0.5, 0.6) is 5.75 Å². The Morgan fingerprint density at radius 3 is 2.38 bits per heavy atom. The van der Waals surface area contributed by atoms with Crippen molar-refractivity contribution < 1.29 is 23.6 Å². The molecule has 2 rings (SSSR count). The summed E-state index contributed by atoms with van der Waals surface area (Å²) in [5.41, 5.74) is 0.976. The minimum Gasteiger partial charge on any atom is -0.495 e. The van der Waals surface area contributed by atoms with E-state index in [0.717, 1.165) is 4.90 Å². The Labute approximate surface area is 152 Å². The first-order valence-corrected chi connectivity index (χ1v) is 8.33. The molecular formula is C19H23FN3O3+. The van der Waals surface area contributed by atoms with Gasteiger partial charge in [-0.1, -0.05) is 18.2 Å². The quantitative estimate of drug-likeness (QED) is 0.665. The van der Waals surface area contributed by atoms with E-state index in [4.69, 9.17) is 4.74 Å². The Hall–Kier alpha value is -2.93. The molecule has 26 heavy (non-hydrogen) atoms. The van der Waals surface area contributed by atoms with Crippen LogP contribution in [0.4, 0.5) is 15.8 Å². The summed E-state index contributed by atoms with van der Waals surface area (Å²) in [6, 6.07) is 12.8. The van der Waals surface area contributed by atoms with Gasteiger partial charge >= 0.3 is 0 Å². The third-order valence-electron chi connectivity index (χ3n) is 3.81. The first-order valence-electron chi connectivity index (χ1n) is 8.33. The number of methoxy groups -OCH3 is 1. The van der Waals surface area contributed by atoms with Crippen LogP contribution in [-0.2, 0) is 9.59 Å². The highest BCUT2D eigenvalue weighted by Gasteiger charge is 2.18. The molecule has 3 N–H and O–H groups in total. The number of nitrogens with one attached hydrogen (secondary N) is 3. The zero-order valence-corrected chi connectivity index (χ0v) is 14.8. The molecule has 1 unspecified atom stereocenters. The van der Waals surface area contributed by atoms with Crippen molar-refractivity contribution in [3.63, 3.8) is 0 Å². The van der Waals surface area contributed by atoms with Gasteiger partial charge in [0.25, 0.3) is 11.8 Å². The Morgan fingerprint density at radius 1 is 1.04 bits per heavy atom. The fourth-order valence-electron chi connectivity index (χ4n) is 2.48. The molecule has 7 heteroatoms. The van der Waals surface area contributed by atoms with Crippen LogP contribution in [0.25, 0.3) is 0 Å². The third-order valence-corrected chi connectivity index (χ3v) is 3.81. The molecule has 0 bridgehead atoms. The summed E-state index contributed by atoms with van der Waals surface area (Å²) in [7, 11) is 1.53. The highest BCUT2D eigenvalue weighted by Crippen LogP contribution is 2.22. The normalized spacial score (nSPS) is 11.5. The number of para-hydroxylation sites is 2. The fourth-order valence-corrected chi connectivity index (χ4v) is 2.48. The molecule has 0 aliphatic rings. The first-order chi connectivity index (χ1) is 12.5. The van der Waals surface area contributed by atoms with Crippen LogP contribution in [0.15, 0.2) is 48.5 Å². The Morgan fingerprint density at radius 2 is 1.73 bits per heavy atom. The second kappa shape index (κ2) is 9.53. The van der Waals surface area contributed by atoms with Gasteiger partial charge in [-0.3, -0.25) is 9.59 Å². The molecule has 2 aromatic carbocycles. The van der Waals surface area contributed by atoms with E-state index >= 15 is 0 Å². The zero-order chi connectivity index (χ0) is 18.9. The Bertz CT molecular complexity index is 767. The number of carbonyl (C=O) groups excluding carboxylic acids is 2. The standard InChI is InChI=1S/C19H22FN3O3/c1-3-23(12-18(24)21-15-8-6-7-14(20)11-15)13-19(25)22-16-9-4-5-10-17(16)26-2/h4-11H,3,12-13H2,1-2H3,(H,21,24)(H,22,25)/p+1. The molecule has 0 fully saturated rings. The van der Waals surface area contributed by atoms with Gasteiger partial charge in [-0.05, 0) is 37.3 Å². The van der Waals surface area contributed by atoms with Crippen molar-refractivity contribution in [3.05, 3.63) is 54.3 Å². The highest BCUT2D eigenvalue weighted by atomic mass is 19.1. The van der Waals surface area contributed by atoms with Gasteiger partial charge in [-0.2, -0.15) is 0 Å². The van der Waals surface area contributed by atoms with Gasteiger partial charge in [0.15, 0.2) is 13.1 Å². The summed E-state index contributed by atoms with van der Waals surface area (Å²) in [6.45, 7) is 2.72. The number of ether oxygens (including phenoxy) is 1. The number of rotatable bonds is 8. The lowest BCUT2D eigenvalue weighted by atomic mass is 10.3. The fraction of sp³-hybridized carbons (Fsp3) is 0.263. The molecule has 0 spiro atoms. The van der Waals surface area contributed by atoms with E-state index in [1.165, 1.54) is 25.3 Å². The van der Waals surface area contributed by atoms with E-state index in [0.29, 0.717) is 23.7 Å². The summed E-state index contributed by atoms with van der Waals surface area (Å²) >= 11 is 0. The van der Waals surface area contributed by atoms with Gasteiger partial charge in [0.1, 0.15) is 11.6 Å². The topological polar surface area (TPSA) is 71.9 Å². The number of halogens is 1. The van der Waals surface area contributed by atoms with E-state index in [-0.39, 0.29) is 24.9 Å². The maximum Gasteiger partial charge on any atom is 0.279 e. The lowest BCUT2D eigenvalue weighted by molar-refractivity contribution is -0.881. The van der Waals surface area contributed by atoms with Gasteiger partial charge in [0.2, 0.25) is 0 Å². The van der Waals surface area contributed by atoms with E-state index in [9.17, 15) is 14.0 Å². The molecule has 138 valence electrons. The monoisotopic (exact) mass is 360 g/mol. The van der Waals surface area contributed by atoms with Gasteiger partial charge in [0, 0.05) is 5.69 Å². The summed E-state index contributed by atoms with van der Waals surface area (Å²) in [5, 5.41) is 5.43. The lowest BCUT2D eigenvalue weighted by Crippen LogP contribution is -3.13. The average Bonchev–Trinajstić information content (AvgIpc) is 2.61. The third kappa shape index (κ3) is 5.86. The van der Waals surface area contributed by atoms with E-state index in [1.54, 1.807) is 24.3 Å². The van der Waals surface area contributed by atoms with Gasteiger partial charge in [-0.15, -0.1) is 0 Å². The summed E-state index contributed by atoms with van der Waals surface area (Å²) in [6.07, 6.45) is 0. The number of carbonyl (C=O) groups is 2. The van der Waals surface area contributed by atoms with Gasteiger partial charge in [0.05, 0.1) is 19.3 Å². The molecule has 0 aromatic heterocycles. The molecule has 0 saturated heterocycles. The number of anilines is 2. The number of benzene rings is 2. The SMILES string of the molecule is CC[NH+](CC(=O)Nc1cccc(F)c1)CC(=O)Nc1ccccc1OC. The number of hydrogen-bond acceptors (Lipinski definition) is 3. The number of quaternary nitrogens is 1. The zero-order valence-electron chi connectivity index (χ0n) is 14.8. The smallest absolute Gasteiger partial charge is 0.279 e. The Balaban J connectivity index is 1.89. The van der Waals surface area contributed by atoms with Crippen molar-refractivity contribution >= 4 is 23.2 Å². The van der Waals surface area contributed by atoms with Crippen molar-refractivity contribution in [1.82, 2.24) is 0 Å². The van der Waals surface area contributed by atoms with Crippen molar-refractivity contribution in [1.29, 1.82) is 0 Å². The summed E-state index contributed by atoms with van der Waals surface area (Å²) in [4.78, 5) is 25.2. The van der Waals surface area contributed by atoms with E-state index < -0.39 is 5.82 Å².